The number of fused-ring (bicyclic) bond motifs is 2. The summed E-state index contributed by atoms with van der Waals surface area (Å²) in [6, 6.07) is 24.7. The number of ether oxygens (including phenoxy) is 2. The Hall–Kier alpha value is -4.32. The zero-order valence-corrected chi connectivity index (χ0v) is 31.8. The van der Waals surface area contributed by atoms with Crippen molar-refractivity contribution in [3.63, 3.8) is 0 Å². The molecule has 3 aromatic carbocycles. The van der Waals surface area contributed by atoms with Gasteiger partial charge >= 0.3 is 0 Å². The lowest BCUT2D eigenvalue weighted by atomic mass is 9.82. The molecule has 11 heteroatoms. The van der Waals surface area contributed by atoms with Gasteiger partial charge in [-0.05, 0) is 60.7 Å². The van der Waals surface area contributed by atoms with E-state index in [1.165, 1.54) is 5.19 Å². The highest BCUT2D eigenvalue weighted by molar-refractivity contribution is 6.91. The van der Waals surface area contributed by atoms with E-state index >= 15 is 4.79 Å². The quantitative estimate of drug-likeness (QED) is 0.190. The zero-order chi connectivity index (χ0) is 36.5. The van der Waals surface area contributed by atoms with Gasteiger partial charge in [-0.2, -0.15) is 0 Å². The molecule has 1 aromatic heterocycles. The van der Waals surface area contributed by atoms with Crippen molar-refractivity contribution in [1.82, 2.24) is 15.0 Å². The number of methoxy groups -OCH3 is 1. The Labute approximate surface area is 307 Å². The van der Waals surface area contributed by atoms with E-state index in [1.807, 2.05) is 63.1 Å². The Morgan fingerprint density at radius 1 is 1.00 bits per heavy atom. The van der Waals surface area contributed by atoms with Gasteiger partial charge in [0.15, 0.2) is 5.60 Å². The lowest BCUT2D eigenvalue weighted by molar-refractivity contribution is -0.146. The van der Waals surface area contributed by atoms with Crippen molar-refractivity contribution in [2.75, 3.05) is 30.1 Å². The lowest BCUT2D eigenvalue weighted by Crippen LogP contribution is -2.51. The van der Waals surface area contributed by atoms with Crippen LogP contribution in [-0.2, 0) is 39.4 Å². The van der Waals surface area contributed by atoms with E-state index in [9.17, 15) is 9.90 Å². The van der Waals surface area contributed by atoms with Crippen molar-refractivity contribution in [3.8, 4) is 5.75 Å². The van der Waals surface area contributed by atoms with Gasteiger partial charge in [-0.1, -0.05) is 85.7 Å². The number of hydrogen-bond donors (Lipinski definition) is 1. The number of carbonyl (C=O) groups excluding carboxylic acids is 2. The summed E-state index contributed by atoms with van der Waals surface area (Å²) in [5.41, 5.74) is 3.14. The van der Waals surface area contributed by atoms with E-state index in [-0.39, 0.29) is 36.0 Å². The summed E-state index contributed by atoms with van der Waals surface area (Å²) in [5.74, 6) is 0.724. The monoisotopic (exact) mass is 721 g/mol. The van der Waals surface area contributed by atoms with E-state index in [1.54, 1.807) is 7.11 Å². The van der Waals surface area contributed by atoms with Crippen molar-refractivity contribution in [3.05, 3.63) is 95.8 Å². The fraction of sp³-hybridized carbons (Fsp3) is 0.463. The molecule has 0 aliphatic carbocycles. The molecule has 0 saturated carbocycles. The van der Waals surface area contributed by atoms with Gasteiger partial charge in [-0.3, -0.25) is 14.3 Å². The highest BCUT2D eigenvalue weighted by Crippen LogP contribution is 2.60. The van der Waals surface area contributed by atoms with Gasteiger partial charge in [0.2, 0.25) is 5.91 Å². The molecule has 2 fully saturated rings. The predicted molar refractivity (Wildman–Crippen MR) is 205 cm³/mol. The van der Waals surface area contributed by atoms with Crippen LogP contribution in [0.3, 0.4) is 0 Å². The molecule has 7 rings (SSSR count). The Morgan fingerprint density at radius 2 is 1.77 bits per heavy atom. The van der Waals surface area contributed by atoms with Crippen LogP contribution in [0, 0.1) is 5.92 Å². The smallest absolute Gasteiger partial charge is 0.264 e. The molecule has 10 nitrogen and oxygen atoms in total. The van der Waals surface area contributed by atoms with Gasteiger partial charge in [-0.25, -0.2) is 0 Å². The molecule has 4 atom stereocenters. The second-order valence-electron chi connectivity index (χ2n) is 15.2. The largest absolute Gasteiger partial charge is 0.497 e. The van der Waals surface area contributed by atoms with Crippen LogP contribution >= 0.6 is 0 Å². The fourth-order valence-corrected chi connectivity index (χ4v) is 13.1. The molecule has 3 aliphatic heterocycles. The van der Waals surface area contributed by atoms with Crippen LogP contribution in [-0.4, -0.2) is 66.4 Å². The number of carbonyl (C=O) groups is 2. The van der Waals surface area contributed by atoms with Crippen molar-refractivity contribution in [2.24, 2.45) is 5.92 Å². The Kier molecular flexibility index (Phi) is 10.4. The summed E-state index contributed by atoms with van der Waals surface area (Å²) in [6.07, 6.45) is 7.27. The van der Waals surface area contributed by atoms with Crippen LogP contribution in [0.5, 0.6) is 5.75 Å². The van der Waals surface area contributed by atoms with E-state index < -0.39 is 13.7 Å². The minimum Gasteiger partial charge on any atom is -0.497 e. The van der Waals surface area contributed by atoms with Crippen molar-refractivity contribution >= 4 is 36.4 Å². The lowest BCUT2D eigenvalue weighted by Gasteiger charge is -2.37. The van der Waals surface area contributed by atoms with Crippen LogP contribution in [0.15, 0.2) is 79.0 Å². The normalized spacial score (nSPS) is 23.6. The third-order valence-electron chi connectivity index (χ3n) is 11.7. The standard InChI is InChI=1S/C41H51N5O5Si/c1-29-39(52(3,4)34-18-16-33(50-2)17-19-34)37(21-24-44-28-31(22-25-47)42-43-44)51-41(29)35-26-32(45-23-11-6-5-10-14-38(45)48)15-20-36(35)46(40(41)49)27-30-12-8-7-9-13-30/h7-9,12-13,15-20,26,28-29,37,39,47H,5-6,10-11,14,21-25,27H2,1-4H3/t29-,37+,39-,41+/m0/s1. The molecule has 1 spiro atoms. The fourth-order valence-electron chi connectivity index (χ4n) is 9.03. The van der Waals surface area contributed by atoms with Gasteiger partial charge < -0.3 is 24.4 Å². The third kappa shape index (κ3) is 6.58. The molecular weight excluding hydrogens is 671 g/mol. The minimum atomic E-state index is -2.36. The van der Waals surface area contributed by atoms with Crippen LogP contribution in [0.25, 0.3) is 0 Å². The van der Waals surface area contributed by atoms with Crippen LogP contribution < -0.4 is 19.7 Å². The predicted octanol–water partition coefficient (Wildman–Crippen LogP) is 5.97. The molecule has 4 aromatic rings. The van der Waals surface area contributed by atoms with Gasteiger partial charge in [0.05, 0.1) is 39.2 Å². The molecule has 52 heavy (non-hydrogen) atoms. The summed E-state index contributed by atoms with van der Waals surface area (Å²) < 4.78 is 14.7. The number of aliphatic hydroxyl groups is 1. The van der Waals surface area contributed by atoms with Crippen LogP contribution in [0.4, 0.5) is 11.4 Å². The first kappa shape index (κ1) is 36.1. The summed E-state index contributed by atoms with van der Waals surface area (Å²) >= 11 is 0. The summed E-state index contributed by atoms with van der Waals surface area (Å²) in [6.45, 7) is 8.65. The van der Waals surface area contributed by atoms with Crippen molar-refractivity contribution < 1.29 is 24.2 Å². The summed E-state index contributed by atoms with van der Waals surface area (Å²) in [4.78, 5) is 32.6. The number of hydrogen-bond acceptors (Lipinski definition) is 7. The molecule has 3 aliphatic rings. The second-order valence-corrected chi connectivity index (χ2v) is 19.9. The summed E-state index contributed by atoms with van der Waals surface area (Å²) in [5, 5.41) is 19.3. The first-order valence-electron chi connectivity index (χ1n) is 18.8. The topological polar surface area (TPSA) is 110 Å². The van der Waals surface area contributed by atoms with E-state index in [4.69, 9.17) is 9.47 Å². The third-order valence-corrected chi connectivity index (χ3v) is 16.1. The maximum Gasteiger partial charge on any atom is 0.264 e. The maximum atomic E-state index is 15.3. The number of benzene rings is 3. The molecular formula is C41H51N5O5Si. The first-order valence-corrected chi connectivity index (χ1v) is 21.9. The van der Waals surface area contributed by atoms with Crippen molar-refractivity contribution in [2.45, 2.75) is 95.3 Å². The molecule has 4 heterocycles. The van der Waals surface area contributed by atoms with E-state index in [0.29, 0.717) is 38.9 Å². The Morgan fingerprint density at radius 3 is 2.52 bits per heavy atom. The first-order chi connectivity index (χ1) is 25.2. The maximum absolute atomic E-state index is 15.3. The number of rotatable bonds is 11. The number of nitrogens with zero attached hydrogens (tertiary/aromatic N) is 5. The average molecular weight is 722 g/mol. The molecule has 0 unspecified atom stereocenters. The minimum absolute atomic E-state index is 0.0141. The van der Waals surface area contributed by atoms with Gasteiger partial charge in [0.25, 0.3) is 5.91 Å². The SMILES string of the molecule is COc1ccc([Si](C)(C)[C@@H]2[C@@H](CCn3cc(CCO)nn3)O[C@]3(C(=O)N(Cc4ccccc4)c4ccc(N5CCCCCCC5=O)cc43)[C@H]2C)cc1. The average Bonchev–Trinajstić information content (AvgIpc) is 3.79. The van der Waals surface area contributed by atoms with Gasteiger partial charge in [0, 0.05) is 55.9 Å². The number of aryl methyl sites for hydroxylation is 1. The molecule has 274 valence electrons. The summed E-state index contributed by atoms with van der Waals surface area (Å²) in [7, 11) is -0.677. The van der Waals surface area contributed by atoms with Crippen LogP contribution in [0.2, 0.25) is 18.6 Å². The Bertz CT molecular complexity index is 1880. The number of aromatic nitrogens is 3. The number of anilines is 2. The van der Waals surface area contributed by atoms with Crippen molar-refractivity contribution in [1.29, 1.82) is 0 Å². The molecule has 1 N–H and O–H groups in total. The second kappa shape index (κ2) is 15.0. The van der Waals surface area contributed by atoms with E-state index in [2.05, 4.69) is 60.7 Å². The number of aliphatic hydroxyl groups excluding tert-OH is 1. The highest BCUT2D eigenvalue weighted by atomic mass is 28.3. The van der Waals surface area contributed by atoms with E-state index in [0.717, 1.165) is 59.6 Å². The Balaban J connectivity index is 1.33. The van der Waals surface area contributed by atoms with Gasteiger partial charge in [0.1, 0.15) is 5.75 Å². The molecule has 0 radical (unpaired) electrons. The molecule has 2 amide bonds. The molecule has 2 saturated heterocycles. The van der Waals surface area contributed by atoms with Gasteiger partial charge in [-0.15, -0.1) is 5.10 Å². The van der Waals surface area contributed by atoms with Crippen LogP contribution in [0.1, 0.15) is 62.3 Å². The zero-order valence-electron chi connectivity index (χ0n) is 30.8. The highest BCUT2D eigenvalue weighted by Gasteiger charge is 2.66. The number of amides is 2. The molecule has 0 bridgehead atoms.